The van der Waals surface area contributed by atoms with Crippen molar-refractivity contribution in [1.82, 2.24) is 23.7 Å². The van der Waals surface area contributed by atoms with Crippen LogP contribution in [-0.2, 0) is 20.4 Å². The third kappa shape index (κ3) is 4.04. The van der Waals surface area contributed by atoms with Gasteiger partial charge in [0.2, 0.25) is 21.9 Å². The first-order valence-corrected chi connectivity index (χ1v) is 14.0. The van der Waals surface area contributed by atoms with Crippen molar-refractivity contribution >= 4 is 44.4 Å². The predicted molar refractivity (Wildman–Crippen MR) is 138 cm³/mol. The van der Waals surface area contributed by atoms with Crippen LogP contribution in [0.2, 0.25) is 0 Å². The summed E-state index contributed by atoms with van der Waals surface area (Å²) in [5, 5.41) is 7.12. The van der Waals surface area contributed by atoms with E-state index >= 15 is 0 Å². The molecule has 1 amide bonds. The summed E-state index contributed by atoms with van der Waals surface area (Å²) >= 11 is 0. The molecule has 1 aliphatic carbocycles. The molecule has 36 heavy (non-hydrogen) atoms. The van der Waals surface area contributed by atoms with Crippen molar-refractivity contribution < 1.29 is 13.2 Å². The molecule has 0 radical (unpaired) electrons. The molecule has 190 valence electrons. The average molecular weight is 510 g/mol. The van der Waals surface area contributed by atoms with Gasteiger partial charge in [-0.1, -0.05) is 19.3 Å². The molecule has 0 bridgehead atoms. The molecule has 10 nitrogen and oxygen atoms in total. The molecule has 2 N–H and O–H groups in total. The maximum Gasteiger partial charge on any atom is 0.243 e. The number of hydrogen-bond donors (Lipinski definition) is 2. The van der Waals surface area contributed by atoms with Gasteiger partial charge in [0.25, 0.3) is 0 Å². The summed E-state index contributed by atoms with van der Waals surface area (Å²) in [7, 11) is -1.52. The summed E-state index contributed by atoms with van der Waals surface area (Å²) in [6.07, 6.45) is 7.57. The van der Waals surface area contributed by atoms with Crippen LogP contribution in [0.1, 0.15) is 38.5 Å². The number of likely N-dealkylation sites (N-methyl/N-ethyl adjacent to an activating group) is 1. The number of carbonyl (C=O) groups is 1. The maximum atomic E-state index is 13.0. The van der Waals surface area contributed by atoms with Crippen molar-refractivity contribution in [1.29, 1.82) is 0 Å². The van der Waals surface area contributed by atoms with Gasteiger partial charge >= 0.3 is 0 Å². The van der Waals surface area contributed by atoms with Gasteiger partial charge in [-0.25, -0.2) is 13.4 Å². The lowest BCUT2D eigenvalue weighted by Crippen LogP contribution is -2.46. The Morgan fingerprint density at radius 3 is 2.47 bits per heavy atom. The minimum absolute atomic E-state index is 0.0603. The predicted octanol–water partition coefficient (Wildman–Crippen LogP) is 3.11. The van der Waals surface area contributed by atoms with Crippen LogP contribution in [0.3, 0.4) is 0 Å². The van der Waals surface area contributed by atoms with Gasteiger partial charge in [0.1, 0.15) is 11.5 Å². The van der Waals surface area contributed by atoms with Crippen molar-refractivity contribution in [2.75, 3.05) is 43.9 Å². The number of fused-ring (bicyclic) bond motifs is 4. The quantitative estimate of drug-likeness (QED) is 0.556. The highest BCUT2D eigenvalue weighted by Crippen LogP contribution is 2.45. The second kappa shape index (κ2) is 8.82. The van der Waals surface area contributed by atoms with Crippen LogP contribution in [0, 0.1) is 0 Å². The molecule has 6 rings (SSSR count). The Hall–Kier alpha value is -3.02. The number of piperazine rings is 1. The van der Waals surface area contributed by atoms with Crippen LogP contribution in [-0.4, -0.2) is 71.3 Å². The van der Waals surface area contributed by atoms with Crippen molar-refractivity contribution in [3.63, 3.8) is 0 Å². The van der Waals surface area contributed by atoms with E-state index in [9.17, 15) is 13.2 Å². The fourth-order valence-corrected chi connectivity index (χ4v) is 7.24. The van der Waals surface area contributed by atoms with Crippen molar-refractivity contribution in [3.05, 3.63) is 36.5 Å². The highest BCUT2D eigenvalue weighted by atomic mass is 32.2. The van der Waals surface area contributed by atoms with Crippen LogP contribution < -0.4 is 10.6 Å². The summed E-state index contributed by atoms with van der Waals surface area (Å²) in [5.74, 6) is 1.28. The lowest BCUT2D eigenvalue weighted by molar-refractivity contribution is -0.119. The molecule has 3 aromatic rings. The SMILES string of the molecule is CN1CCN(S(=O)(=O)c2ccc(Nc3ncc4cc5n(c4n3)C3(CCCCC3)CC(=O)N5)cc2)CC1. The van der Waals surface area contributed by atoms with Gasteiger partial charge in [0.15, 0.2) is 0 Å². The summed E-state index contributed by atoms with van der Waals surface area (Å²) in [6.45, 7) is 2.45. The van der Waals surface area contributed by atoms with E-state index in [0.717, 1.165) is 55.6 Å². The Balaban J connectivity index is 1.27. The highest BCUT2D eigenvalue weighted by Gasteiger charge is 2.42. The molecule has 0 unspecified atom stereocenters. The van der Waals surface area contributed by atoms with Crippen LogP contribution in [0.15, 0.2) is 41.4 Å². The molecule has 3 aliphatic rings. The number of benzene rings is 1. The molecular weight excluding hydrogens is 478 g/mol. The van der Waals surface area contributed by atoms with Crippen molar-refractivity contribution in [2.45, 2.75) is 49.0 Å². The van der Waals surface area contributed by atoms with E-state index in [0.29, 0.717) is 31.1 Å². The van der Waals surface area contributed by atoms with Crippen LogP contribution in [0.25, 0.3) is 11.0 Å². The van der Waals surface area contributed by atoms with E-state index in [1.54, 1.807) is 34.8 Å². The Bertz CT molecular complexity index is 1400. The largest absolute Gasteiger partial charge is 0.324 e. The third-order valence-electron chi connectivity index (χ3n) is 7.77. The molecule has 2 aromatic heterocycles. The lowest BCUT2D eigenvalue weighted by atomic mass is 9.78. The van der Waals surface area contributed by atoms with Crippen LogP contribution in [0.5, 0.6) is 0 Å². The van der Waals surface area contributed by atoms with Crippen LogP contribution in [0.4, 0.5) is 17.5 Å². The number of hydrogen-bond acceptors (Lipinski definition) is 7. The van der Waals surface area contributed by atoms with E-state index in [1.807, 2.05) is 13.1 Å². The second-order valence-corrected chi connectivity index (χ2v) is 12.1. The monoisotopic (exact) mass is 509 g/mol. The molecule has 11 heteroatoms. The zero-order valence-electron chi connectivity index (χ0n) is 20.4. The average Bonchev–Trinajstić information content (AvgIpc) is 3.23. The number of nitrogens with zero attached hydrogens (tertiary/aromatic N) is 5. The number of amides is 1. The van der Waals surface area contributed by atoms with Crippen LogP contribution >= 0.6 is 0 Å². The zero-order valence-corrected chi connectivity index (χ0v) is 21.2. The zero-order chi connectivity index (χ0) is 24.9. The molecule has 4 heterocycles. The van der Waals surface area contributed by atoms with E-state index in [4.69, 9.17) is 4.98 Å². The summed E-state index contributed by atoms with van der Waals surface area (Å²) < 4.78 is 29.8. The number of sulfonamides is 1. The van der Waals surface area contributed by atoms with Crippen molar-refractivity contribution in [3.8, 4) is 0 Å². The molecule has 1 saturated heterocycles. The van der Waals surface area contributed by atoms with Gasteiger partial charge in [-0.3, -0.25) is 4.79 Å². The molecular formula is C25H31N7O3S. The fourth-order valence-electron chi connectivity index (χ4n) is 5.81. The Kier molecular flexibility index (Phi) is 5.73. The molecule has 1 spiro atoms. The molecule has 2 fully saturated rings. The summed E-state index contributed by atoms with van der Waals surface area (Å²) in [6, 6.07) is 8.69. The number of anilines is 3. The number of rotatable bonds is 4. The Morgan fingerprint density at radius 2 is 1.75 bits per heavy atom. The normalized spacial score (nSPS) is 20.9. The van der Waals surface area contributed by atoms with Crippen molar-refractivity contribution in [2.24, 2.45) is 0 Å². The van der Waals surface area contributed by atoms with E-state index in [1.165, 1.54) is 6.42 Å². The summed E-state index contributed by atoms with van der Waals surface area (Å²) in [5.41, 5.74) is 1.28. The number of aromatic nitrogens is 3. The molecule has 0 atom stereocenters. The first-order valence-electron chi connectivity index (χ1n) is 12.6. The smallest absolute Gasteiger partial charge is 0.243 e. The van der Waals surface area contributed by atoms with Gasteiger partial charge in [-0.05, 0) is 50.2 Å². The minimum Gasteiger partial charge on any atom is -0.324 e. The standard InChI is InChI=1S/C25H31N7O3S/c1-30-11-13-31(14-12-30)36(34,35)20-7-5-19(6-8-20)27-24-26-17-18-15-21-28-22(33)16-25(9-3-2-4-10-25)32(21)23(18)29-24/h5-8,15,17H,2-4,9-14,16H2,1H3,(H,28,33)(H,26,27,29). The van der Waals surface area contributed by atoms with Gasteiger partial charge in [-0.15, -0.1) is 0 Å². The van der Waals surface area contributed by atoms with Gasteiger partial charge in [-0.2, -0.15) is 9.29 Å². The third-order valence-corrected chi connectivity index (χ3v) is 9.68. The molecule has 2 aliphatic heterocycles. The Morgan fingerprint density at radius 1 is 1.03 bits per heavy atom. The first-order chi connectivity index (χ1) is 17.3. The van der Waals surface area contributed by atoms with E-state index in [-0.39, 0.29) is 16.3 Å². The van der Waals surface area contributed by atoms with E-state index in [2.05, 4.69) is 25.1 Å². The van der Waals surface area contributed by atoms with Gasteiger partial charge in [0.05, 0.1) is 16.9 Å². The lowest BCUT2D eigenvalue weighted by Gasteiger charge is -2.42. The highest BCUT2D eigenvalue weighted by molar-refractivity contribution is 7.89. The number of carbonyl (C=O) groups excluding carboxylic acids is 1. The topological polar surface area (TPSA) is 112 Å². The van der Waals surface area contributed by atoms with Gasteiger partial charge in [0, 0.05) is 43.4 Å². The minimum atomic E-state index is -3.52. The first kappa shape index (κ1) is 23.4. The fraction of sp³-hybridized carbons (Fsp3) is 0.480. The number of nitrogens with one attached hydrogen (secondary N) is 2. The maximum absolute atomic E-state index is 13.0. The Labute approximate surface area is 210 Å². The van der Waals surface area contributed by atoms with Gasteiger partial charge < -0.3 is 20.1 Å². The summed E-state index contributed by atoms with van der Waals surface area (Å²) in [4.78, 5) is 24.2. The van der Waals surface area contributed by atoms with E-state index < -0.39 is 10.0 Å². The molecule has 1 aromatic carbocycles. The second-order valence-electron chi connectivity index (χ2n) is 10.2. The molecule has 1 saturated carbocycles.